The summed E-state index contributed by atoms with van der Waals surface area (Å²) < 4.78 is 11.6. The van der Waals surface area contributed by atoms with Gasteiger partial charge in [0.05, 0.1) is 31.7 Å². The number of rotatable bonds is 8. The monoisotopic (exact) mass is 473 g/mol. The van der Waals surface area contributed by atoms with Crippen LogP contribution < -0.4 is 26.0 Å². The Bertz CT molecular complexity index is 1460. The molecule has 0 bridgehead atoms. The molecule has 0 saturated carbocycles. The summed E-state index contributed by atoms with van der Waals surface area (Å²) in [4.78, 5) is 41.0. The molecule has 1 atom stereocenters. The molecule has 35 heavy (non-hydrogen) atoms. The SMILES string of the molecule is COc1cc2[nH]c(=O)n(Cc3ccc(C(=O)NC[C@@H](C)c4ccccc4)cc3)c(=O)c2cc1OC. The average molecular weight is 474 g/mol. The summed E-state index contributed by atoms with van der Waals surface area (Å²) in [6.45, 7) is 2.63. The first-order valence-electron chi connectivity index (χ1n) is 11.2. The Morgan fingerprint density at radius 1 is 0.971 bits per heavy atom. The lowest BCUT2D eigenvalue weighted by Crippen LogP contribution is -2.35. The Labute approximate surface area is 202 Å². The number of nitrogens with zero attached hydrogens (tertiary/aromatic N) is 1. The number of H-pyrrole nitrogens is 1. The van der Waals surface area contributed by atoms with Gasteiger partial charge in [0.15, 0.2) is 11.5 Å². The van der Waals surface area contributed by atoms with Gasteiger partial charge in [-0.2, -0.15) is 0 Å². The van der Waals surface area contributed by atoms with Gasteiger partial charge >= 0.3 is 5.69 Å². The van der Waals surface area contributed by atoms with Crippen LogP contribution >= 0.6 is 0 Å². The molecule has 8 nitrogen and oxygen atoms in total. The number of hydrogen-bond donors (Lipinski definition) is 2. The van der Waals surface area contributed by atoms with Gasteiger partial charge in [-0.15, -0.1) is 0 Å². The van der Waals surface area contributed by atoms with E-state index in [1.54, 1.807) is 36.4 Å². The van der Waals surface area contributed by atoms with Crippen LogP contribution in [-0.2, 0) is 6.54 Å². The summed E-state index contributed by atoms with van der Waals surface area (Å²) in [5.41, 5.74) is 1.76. The van der Waals surface area contributed by atoms with Crippen LogP contribution in [0.5, 0.6) is 11.5 Å². The maximum atomic E-state index is 13.0. The minimum Gasteiger partial charge on any atom is -0.493 e. The normalized spacial score (nSPS) is 11.7. The Balaban J connectivity index is 1.50. The number of benzene rings is 3. The predicted molar refractivity (Wildman–Crippen MR) is 135 cm³/mol. The van der Waals surface area contributed by atoms with E-state index in [-0.39, 0.29) is 18.4 Å². The number of aromatic amines is 1. The molecule has 0 saturated heterocycles. The van der Waals surface area contributed by atoms with Crippen molar-refractivity contribution in [1.29, 1.82) is 0 Å². The fraction of sp³-hybridized carbons (Fsp3) is 0.222. The van der Waals surface area contributed by atoms with Crippen molar-refractivity contribution in [3.05, 3.63) is 104 Å². The van der Waals surface area contributed by atoms with E-state index in [1.807, 2.05) is 30.3 Å². The summed E-state index contributed by atoms with van der Waals surface area (Å²) in [5, 5.41) is 3.26. The fourth-order valence-corrected chi connectivity index (χ4v) is 3.91. The third-order valence-electron chi connectivity index (χ3n) is 5.98. The summed E-state index contributed by atoms with van der Waals surface area (Å²) >= 11 is 0. The Kier molecular flexibility index (Phi) is 7.01. The van der Waals surface area contributed by atoms with E-state index in [1.165, 1.54) is 14.2 Å². The number of fused-ring (bicyclic) bond motifs is 1. The number of methoxy groups -OCH3 is 2. The molecule has 3 aromatic carbocycles. The third-order valence-corrected chi connectivity index (χ3v) is 5.98. The van der Waals surface area contributed by atoms with Gasteiger partial charge in [0, 0.05) is 18.2 Å². The summed E-state index contributed by atoms with van der Waals surface area (Å²) in [7, 11) is 2.96. The number of carbonyl (C=O) groups excluding carboxylic acids is 1. The number of nitrogens with one attached hydrogen (secondary N) is 2. The molecule has 0 spiro atoms. The lowest BCUT2D eigenvalue weighted by Gasteiger charge is -2.13. The van der Waals surface area contributed by atoms with Crippen molar-refractivity contribution in [2.75, 3.05) is 20.8 Å². The van der Waals surface area contributed by atoms with E-state index >= 15 is 0 Å². The van der Waals surface area contributed by atoms with E-state index in [0.29, 0.717) is 40.1 Å². The minimum absolute atomic E-state index is 0.0609. The molecule has 1 amide bonds. The topological polar surface area (TPSA) is 102 Å². The Hall–Kier alpha value is -4.33. The van der Waals surface area contributed by atoms with E-state index in [2.05, 4.69) is 17.2 Å². The number of aromatic nitrogens is 2. The molecule has 1 aromatic heterocycles. The van der Waals surface area contributed by atoms with Crippen molar-refractivity contribution in [3.8, 4) is 11.5 Å². The van der Waals surface area contributed by atoms with Crippen LogP contribution in [-0.4, -0.2) is 36.2 Å². The Morgan fingerprint density at radius 3 is 2.29 bits per heavy atom. The van der Waals surface area contributed by atoms with Gasteiger partial charge < -0.3 is 19.8 Å². The smallest absolute Gasteiger partial charge is 0.329 e. The second-order valence-corrected chi connectivity index (χ2v) is 8.29. The molecule has 8 heteroatoms. The van der Waals surface area contributed by atoms with Crippen molar-refractivity contribution >= 4 is 16.8 Å². The van der Waals surface area contributed by atoms with Crippen LogP contribution in [0.25, 0.3) is 10.9 Å². The second kappa shape index (κ2) is 10.3. The van der Waals surface area contributed by atoms with Crippen LogP contribution in [0.1, 0.15) is 34.3 Å². The molecule has 0 radical (unpaired) electrons. The van der Waals surface area contributed by atoms with Gasteiger partial charge in [-0.25, -0.2) is 4.79 Å². The van der Waals surface area contributed by atoms with E-state index in [4.69, 9.17) is 9.47 Å². The maximum absolute atomic E-state index is 13.0. The number of ether oxygens (including phenoxy) is 2. The molecule has 1 heterocycles. The molecular weight excluding hydrogens is 446 g/mol. The zero-order valence-corrected chi connectivity index (χ0v) is 19.8. The van der Waals surface area contributed by atoms with Crippen molar-refractivity contribution in [2.45, 2.75) is 19.4 Å². The highest BCUT2D eigenvalue weighted by molar-refractivity contribution is 5.94. The van der Waals surface area contributed by atoms with Crippen molar-refractivity contribution in [1.82, 2.24) is 14.9 Å². The van der Waals surface area contributed by atoms with Crippen molar-refractivity contribution in [3.63, 3.8) is 0 Å². The number of hydrogen-bond acceptors (Lipinski definition) is 5. The number of amides is 1. The fourth-order valence-electron chi connectivity index (χ4n) is 3.91. The van der Waals surface area contributed by atoms with Gasteiger partial charge in [-0.05, 0) is 35.2 Å². The van der Waals surface area contributed by atoms with Gasteiger partial charge in [-0.1, -0.05) is 49.4 Å². The first-order chi connectivity index (χ1) is 16.9. The highest BCUT2D eigenvalue weighted by Gasteiger charge is 2.14. The van der Waals surface area contributed by atoms with Crippen LogP contribution in [0.2, 0.25) is 0 Å². The first kappa shape index (κ1) is 23.8. The van der Waals surface area contributed by atoms with Crippen LogP contribution in [0.3, 0.4) is 0 Å². The van der Waals surface area contributed by atoms with Crippen LogP contribution in [0.4, 0.5) is 0 Å². The first-order valence-corrected chi connectivity index (χ1v) is 11.2. The quantitative estimate of drug-likeness (QED) is 0.409. The third kappa shape index (κ3) is 5.11. The molecule has 0 unspecified atom stereocenters. The van der Waals surface area contributed by atoms with Crippen LogP contribution in [0, 0.1) is 0 Å². The Morgan fingerprint density at radius 2 is 1.63 bits per heavy atom. The van der Waals surface area contributed by atoms with Gasteiger partial charge in [0.1, 0.15) is 0 Å². The lowest BCUT2D eigenvalue weighted by molar-refractivity contribution is 0.0951. The second-order valence-electron chi connectivity index (χ2n) is 8.29. The predicted octanol–water partition coefficient (Wildman–Crippen LogP) is 3.29. The number of carbonyl (C=O) groups is 1. The van der Waals surface area contributed by atoms with Crippen molar-refractivity contribution in [2.24, 2.45) is 0 Å². The molecule has 0 aliphatic rings. The average Bonchev–Trinajstić information content (AvgIpc) is 2.89. The molecule has 2 N–H and O–H groups in total. The van der Waals surface area contributed by atoms with Crippen molar-refractivity contribution < 1.29 is 14.3 Å². The van der Waals surface area contributed by atoms with E-state index in [9.17, 15) is 14.4 Å². The lowest BCUT2D eigenvalue weighted by atomic mass is 10.0. The zero-order chi connectivity index (χ0) is 24.9. The van der Waals surface area contributed by atoms with Gasteiger partial charge in [-0.3, -0.25) is 14.2 Å². The van der Waals surface area contributed by atoms with E-state index < -0.39 is 11.2 Å². The molecule has 0 aliphatic carbocycles. The molecule has 0 aliphatic heterocycles. The molecule has 0 fully saturated rings. The largest absolute Gasteiger partial charge is 0.493 e. The summed E-state index contributed by atoms with van der Waals surface area (Å²) in [6, 6.07) is 19.9. The standard InChI is InChI=1S/C27H27N3O5/c1-17(19-7-5-4-6-8-19)15-28-25(31)20-11-9-18(10-12-20)16-30-26(32)21-13-23(34-2)24(35-3)14-22(21)29-27(30)33/h4-14,17H,15-16H2,1-3H3,(H,28,31)(H,29,33)/t17-/m1/s1. The summed E-state index contributed by atoms with van der Waals surface area (Å²) in [6.07, 6.45) is 0. The van der Waals surface area contributed by atoms with E-state index in [0.717, 1.165) is 10.1 Å². The van der Waals surface area contributed by atoms with Gasteiger partial charge in [0.2, 0.25) is 0 Å². The van der Waals surface area contributed by atoms with Gasteiger partial charge in [0.25, 0.3) is 11.5 Å². The minimum atomic E-state index is -0.536. The van der Waals surface area contributed by atoms with Crippen LogP contribution in [0.15, 0.2) is 76.3 Å². The highest BCUT2D eigenvalue weighted by Crippen LogP contribution is 2.29. The molecule has 180 valence electrons. The summed E-state index contributed by atoms with van der Waals surface area (Å²) in [5.74, 6) is 0.818. The molecule has 4 aromatic rings. The maximum Gasteiger partial charge on any atom is 0.329 e. The highest BCUT2D eigenvalue weighted by atomic mass is 16.5. The molecular formula is C27H27N3O5. The zero-order valence-electron chi connectivity index (χ0n) is 19.8. The molecule has 4 rings (SSSR count).